The molecule has 174 valence electrons. The second-order valence-electron chi connectivity index (χ2n) is 8.25. The number of rotatable bonds is 9. The van der Waals surface area contributed by atoms with Gasteiger partial charge < -0.3 is 24.4 Å². The second kappa shape index (κ2) is 11.5. The lowest BCUT2D eigenvalue weighted by Gasteiger charge is -2.34. The van der Waals surface area contributed by atoms with E-state index in [2.05, 4.69) is 15.5 Å². The number of piperazine rings is 1. The summed E-state index contributed by atoms with van der Waals surface area (Å²) in [7, 11) is 1.64. The first-order valence-electron chi connectivity index (χ1n) is 11.2. The SMILES string of the molecule is COc1ccc(CCC(=O)N2CCN(C(=O)NCCCc3nc(C(C)C)no3)CC2)cc1. The molecule has 0 unspecified atom stereocenters. The van der Waals surface area contributed by atoms with Gasteiger partial charge in [0.2, 0.25) is 11.8 Å². The number of hydrogen-bond acceptors (Lipinski definition) is 6. The summed E-state index contributed by atoms with van der Waals surface area (Å²) in [5, 5.41) is 6.88. The van der Waals surface area contributed by atoms with Crippen molar-refractivity contribution in [3.63, 3.8) is 0 Å². The summed E-state index contributed by atoms with van der Waals surface area (Å²) < 4.78 is 10.4. The molecule has 2 heterocycles. The van der Waals surface area contributed by atoms with E-state index in [1.165, 1.54) is 0 Å². The summed E-state index contributed by atoms with van der Waals surface area (Å²) >= 11 is 0. The Morgan fingerprint density at radius 1 is 1.09 bits per heavy atom. The van der Waals surface area contributed by atoms with Crippen molar-refractivity contribution in [3.05, 3.63) is 41.5 Å². The molecule has 1 aromatic carbocycles. The van der Waals surface area contributed by atoms with Gasteiger partial charge in [0.25, 0.3) is 0 Å². The van der Waals surface area contributed by atoms with Crippen LogP contribution in [-0.4, -0.2) is 71.7 Å². The van der Waals surface area contributed by atoms with Crippen molar-refractivity contribution in [1.29, 1.82) is 0 Å². The van der Waals surface area contributed by atoms with Gasteiger partial charge in [-0.2, -0.15) is 4.98 Å². The fraction of sp³-hybridized carbons (Fsp3) is 0.565. The number of nitrogens with zero attached hydrogens (tertiary/aromatic N) is 4. The van der Waals surface area contributed by atoms with Crippen LogP contribution in [0.4, 0.5) is 4.79 Å². The van der Waals surface area contributed by atoms with Crippen LogP contribution in [0.25, 0.3) is 0 Å². The number of aromatic nitrogens is 2. The Labute approximate surface area is 189 Å². The first-order chi connectivity index (χ1) is 15.5. The van der Waals surface area contributed by atoms with Crippen LogP contribution in [0.3, 0.4) is 0 Å². The maximum Gasteiger partial charge on any atom is 0.317 e. The van der Waals surface area contributed by atoms with E-state index in [0.717, 1.165) is 17.7 Å². The van der Waals surface area contributed by atoms with Gasteiger partial charge in [-0.15, -0.1) is 0 Å². The van der Waals surface area contributed by atoms with Gasteiger partial charge in [0.05, 0.1) is 7.11 Å². The van der Waals surface area contributed by atoms with Crippen molar-refractivity contribution in [2.75, 3.05) is 39.8 Å². The fourth-order valence-electron chi connectivity index (χ4n) is 3.51. The Balaban J connectivity index is 1.31. The van der Waals surface area contributed by atoms with Gasteiger partial charge in [-0.1, -0.05) is 31.1 Å². The zero-order chi connectivity index (χ0) is 22.9. The highest BCUT2D eigenvalue weighted by molar-refractivity contribution is 5.78. The van der Waals surface area contributed by atoms with E-state index in [1.807, 2.05) is 43.0 Å². The van der Waals surface area contributed by atoms with E-state index in [1.54, 1.807) is 12.0 Å². The Morgan fingerprint density at radius 3 is 2.41 bits per heavy atom. The largest absolute Gasteiger partial charge is 0.497 e. The number of ether oxygens (including phenoxy) is 1. The monoisotopic (exact) mass is 443 g/mol. The number of carbonyl (C=O) groups is 2. The number of hydrogen-bond donors (Lipinski definition) is 1. The predicted octanol–water partition coefficient (Wildman–Crippen LogP) is 2.62. The quantitative estimate of drug-likeness (QED) is 0.598. The zero-order valence-corrected chi connectivity index (χ0v) is 19.2. The van der Waals surface area contributed by atoms with E-state index in [0.29, 0.717) is 63.7 Å². The van der Waals surface area contributed by atoms with Gasteiger partial charge in [0, 0.05) is 51.5 Å². The molecule has 0 atom stereocenters. The normalized spacial score (nSPS) is 14.0. The van der Waals surface area contributed by atoms with Crippen LogP contribution in [0.15, 0.2) is 28.8 Å². The minimum atomic E-state index is -0.0938. The van der Waals surface area contributed by atoms with Crippen LogP contribution in [0.1, 0.15) is 49.9 Å². The summed E-state index contributed by atoms with van der Waals surface area (Å²) in [5.74, 6) is 2.48. The fourth-order valence-corrected chi connectivity index (χ4v) is 3.51. The molecule has 0 bridgehead atoms. The minimum Gasteiger partial charge on any atom is -0.497 e. The number of amides is 3. The number of benzene rings is 1. The Hall–Kier alpha value is -3.10. The molecule has 0 radical (unpaired) electrons. The van der Waals surface area contributed by atoms with Crippen molar-refractivity contribution < 1.29 is 18.8 Å². The molecule has 3 rings (SSSR count). The zero-order valence-electron chi connectivity index (χ0n) is 19.2. The van der Waals surface area contributed by atoms with Crippen LogP contribution in [0, 0.1) is 0 Å². The maximum absolute atomic E-state index is 12.5. The van der Waals surface area contributed by atoms with E-state index in [9.17, 15) is 9.59 Å². The molecular formula is C23H33N5O4. The maximum atomic E-state index is 12.5. The molecule has 0 spiro atoms. The summed E-state index contributed by atoms with van der Waals surface area (Å²) in [6.07, 6.45) is 2.53. The third-order valence-corrected chi connectivity index (χ3v) is 5.55. The summed E-state index contributed by atoms with van der Waals surface area (Å²) in [5.41, 5.74) is 1.11. The summed E-state index contributed by atoms with van der Waals surface area (Å²) in [4.78, 5) is 32.9. The van der Waals surface area contributed by atoms with Crippen LogP contribution in [0.5, 0.6) is 5.75 Å². The molecule has 0 aliphatic carbocycles. The molecule has 1 fully saturated rings. The molecule has 32 heavy (non-hydrogen) atoms. The topological polar surface area (TPSA) is 101 Å². The second-order valence-corrected chi connectivity index (χ2v) is 8.25. The standard InChI is InChI=1S/C23H33N5O4/c1-17(2)22-25-20(32-26-22)5-4-12-24-23(30)28-15-13-27(14-16-28)21(29)11-8-18-6-9-19(31-3)10-7-18/h6-7,9-10,17H,4-5,8,11-16H2,1-3H3,(H,24,30). The van der Waals surface area contributed by atoms with Gasteiger partial charge in [0.1, 0.15) is 5.75 Å². The summed E-state index contributed by atoms with van der Waals surface area (Å²) in [6, 6.07) is 7.68. The molecular weight excluding hydrogens is 410 g/mol. The van der Waals surface area contributed by atoms with E-state index >= 15 is 0 Å². The molecule has 1 aliphatic rings. The molecule has 1 aromatic heterocycles. The third kappa shape index (κ3) is 6.70. The number of methoxy groups -OCH3 is 1. The van der Waals surface area contributed by atoms with Gasteiger partial charge in [-0.05, 0) is 30.5 Å². The van der Waals surface area contributed by atoms with Crippen molar-refractivity contribution in [1.82, 2.24) is 25.3 Å². The van der Waals surface area contributed by atoms with E-state index < -0.39 is 0 Å². The van der Waals surface area contributed by atoms with E-state index in [4.69, 9.17) is 9.26 Å². The van der Waals surface area contributed by atoms with Crippen LogP contribution in [0.2, 0.25) is 0 Å². The molecule has 1 aliphatic heterocycles. The first-order valence-corrected chi connectivity index (χ1v) is 11.2. The number of carbonyl (C=O) groups excluding carboxylic acids is 2. The molecule has 9 heteroatoms. The van der Waals surface area contributed by atoms with Crippen LogP contribution < -0.4 is 10.1 Å². The van der Waals surface area contributed by atoms with Gasteiger partial charge >= 0.3 is 6.03 Å². The lowest BCUT2D eigenvalue weighted by molar-refractivity contribution is -0.132. The van der Waals surface area contributed by atoms with Crippen molar-refractivity contribution in [2.45, 2.75) is 45.4 Å². The van der Waals surface area contributed by atoms with Gasteiger partial charge in [0.15, 0.2) is 5.82 Å². The number of nitrogens with one attached hydrogen (secondary N) is 1. The molecule has 2 aromatic rings. The Bertz CT molecular complexity index is 873. The Kier molecular flexibility index (Phi) is 8.47. The Morgan fingerprint density at radius 2 is 1.78 bits per heavy atom. The van der Waals surface area contributed by atoms with Gasteiger partial charge in [-0.25, -0.2) is 4.79 Å². The number of aryl methyl sites for hydroxylation is 2. The minimum absolute atomic E-state index is 0.0938. The first kappa shape index (κ1) is 23.6. The third-order valence-electron chi connectivity index (χ3n) is 5.55. The summed E-state index contributed by atoms with van der Waals surface area (Å²) in [6.45, 7) is 6.79. The number of urea groups is 1. The molecule has 0 saturated carbocycles. The lowest BCUT2D eigenvalue weighted by Crippen LogP contribution is -2.53. The van der Waals surface area contributed by atoms with Crippen molar-refractivity contribution in [2.24, 2.45) is 0 Å². The average Bonchev–Trinajstić information content (AvgIpc) is 3.30. The molecule has 1 N–H and O–H groups in total. The highest BCUT2D eigenvalue weighted by atomic mass is 16.5. The highest BCUT2D eigenvalue weighted by Gasteiger charge is 2.23. The smallest absolute Gasteiger partial charge is 0.317 e. The van der Waals surface area contributed by atoms with Gasteiger partial charge in [-0.3, -0.25) is 4.79 Å². The molecule has 9 nitrogen and oxygen atoms in total. The lowest BCUT2D eigenvalue weighted by atomic mass is 10.1. The van der Waals surface area contributed by atoms with E-state index in [-0.39, 0.29) is 17.9 Å². The molecule has 3 amide bonds. The van der Waals surface area contributed by atoms with Crippen LogP contribution >= 0.6 is 0 Å². The van der Waals surface area contributed by atoms with Crippen molar-refractivity contribution >= 4 is 11.9 Å². The highest BCUT2D eigenvalue weighted by Crippen LogP contribution is 2.14. The van der Waals surface area contributed by atoms with Crippen LogP contribution in [-0.2, 0) is 17.6 Å². The average molecular weight is 444 g/mol. The van der Waals surface area contributed by atoms with Crippen molar-refractivity contribution in [3.8, 4) is 5.75 Å². The predicted molar refractivity (Wildman–Crippen MR) is 120 cm³/mol. The molecule has 1 saturated heterocycles.